The van der Waals surface area contributed by atoms with Crippen molar-refractivity contribution in [2.45, 2.75) is 49.3 Å². The third kappa shape index (κ3) is 3.48. The molecule has 1 aliphatic heterocycles. The fourth-order valence-electron chi connectivity index (χ4n) is 2.67. The van der Waals surface area contributed by atoms with Crippen molar-refractivity contribution in [2.75, 3.05) is 20.2 Å². The van der Waals surface area contributed by atoms with Crippen molar-refractivity contribution in [3.8, 4) is 0 Å². The third-order valence-electron chi connectivity index (χ3n) is 4.13. The van der Waals surface area contributed by atoms with Gasteiger partial charge in [0.1, 0.15) is 0 Å². The van der Waals surface area contributed by atoms with Gasteiger partial charge in [0, 0.05) is 37.7 Å². The summed E-state index contributed by atoms with van der Waals surface area (Å²) in [7, 11) is -1.75. The molecule has 0 bridgehead atoms. The zero-order valence-corrected chi connectivity index (χ0v) is 13.9. The Labute approximate surface area is 130 Å². The first kappa shape index (κ1) is 15.4. The van der Waals surface area contributed by atoms with Crippen LogP contribution in [0.4, 0.5) is 0 Å². The summed E-state index contributed by atoms with van der Waals surface area (Å²) in [5.74, 6) is 0. The Hall–Kier alpha value is -0.470. The molecule has 5 nitrogen and oxygen atoms in total. The van der Waals surface area contributed by atoms with Crippen molar-refractivity contribution >= 4 is 21.4 Å². The van der Waals surface area contributed by atoms with Gasteiger partial charge >= 0.3 is 0 Å². The van der Waals surface area contributed by atoms with E-state index in [1.807, 2.05) is 5.38 Å². The molecule has 2 fully saturated rings. The minimum Gasteiger partial charge on any atom is -0.380 e. The van der Waals surface area contributed by atoms with Crippen LogP contribution in [0.15, 0.2) is 16.3 Å². The Kier molecular flexibility index (Phi) is 4.66. The number of hydrogen-bond acceptors (Lipinski definition) is 5. The van der Waals surface area contributed by atoms with E-state index in [1.54, 1.807) is 17.5 Å². The maximum atomic E-state index is 12.8. The Morgan fingerprint density at radius 3 is 2.95 bits per heavy atom. The van der Waals surface area contributed by atoms with Crippen molar-refractivity contribution in [1.29, 1.82) is 0 Å². The van der Waals surface area contributed by atoms with E-state index in [-0.39, 0.29) is 6.10 Å². The predicted octanol–water partition coefficient (Wildman–Crippen LogP) is 1.80. The average Bonchev–Trinajstić information content (AvgIpc) is 3.20. The largest absolute Gasteiger partial charge is 0.380 e. The van der Waals surface area contributed by atoms with Crippen molar-refractivity contribution < 1.29 is 13.2 Å². The highest BCUT2D eigenvalue weighted by Crippen LogP contribution is 2.29. The van der Waals surface area contributed by atoms with Crippen molar-refractivity contribution in [2.24, 2.45) is 0 Å². The lowest BCUT2D eigenvalue weighted by Crippen LogP contribution is -2.43. The third-order valence-corrected chi connectivity index (χ3v) is 7.13. The van der Waals surface area contributed by atoms with E-state index in [1.165, 1.54) is 24.2 Å². The minimum atomic E-state index is -3.40. The van der Waals surface area contributed by atoms with E-state index in [4.69, 9.17) is 4.74 Å². The van der Waals surface area contributed by atoms with Gasteiger partial charge in [-0.25, -0.2) is 8.42 Å². The van der Waals surface area contributed by atoms with Gasteiger partial charge in [-0.15, -0.1) is 11.3 Å². The van der Waals surface area contributed by atoms with Crippen molar-refractivity contribution in [1.82, 2.24) is 9.62 Å². The second-order valence-electron chi connectivity index (χ2n) is 5.73. The lowest BCUT2D eigenvalue weighted by Gasteiger charge is -2.31. The standard InChI is InChI=1S/C14H22N2O3S2/c1-19-12-3-2-7-16(10-12)21(17,18)14-6-8-20-13(14)9-15-11-4-5-11/h6,8,11-12,15H,2-5,7,9-10H2,1H3. The second kappa shape index (κ2) is 6.34. The van der Waals surface area contributed by atoms with Gasteiger partial charge in [-0.3, -0.25) is 0 Å². The lowest BCUT2D eigenvalue weighted by molar-refractivity contribution is 0.0572. The summed E-state index contributed by atoms with van der Waals surface area (Å²) >= 11 is 1.52. The normalized spacial score (nSPS) is 24.3. The summed E-state index contributed by atoms with van der Waals surface area (Å²) < 4.78 is 32.6. The van der Waals surface area contributed by atoms with Crippen LogP contribution in [0.2, 0.25) is 0 Å². The predicted molar refractivity (Wildman–Crippen MR) is 83.0 cm³/mol. The van der Waals surface area contributed by atoms with E-state index in [9.17, 15) is 8.42 Å². The molecule has 1 saturated heterocycles. The smallest absolute Gasteiger partial charge is 0.244 e. The molecule has 1 aromatic rings. The highest BCUT2D eigenvalue weighted by molar-refractivity contribution is 7.89. The van der Waals surface area contributed by atoms with Crippen LogP contribution in [0.1, 0.15) is 30.6 Å². The van der Waals surface area contributed by atoms with Gasteiger partial charge in [0.15, 0.2) is 0 Å². The summed E-state index contributed by atoms with van der Waals surface area (Å²) in [4.78, 5) is 1.39. The summed E-state index contributed by atoms with van der Waals surface area (Å²) in [6, 6.07) is 2.32. The highest BCUT2D eigenvalue weighted by atomic mass is 32.2. The van der Waals surface area contributed by atoms with Crippen LogP contribution < -0.4 is 5.32 Å². The summed E-state index contributed by atoms with van der Waals surface area (Å²) in [5, 5.41) is 5.27. The first-order valence-electron chi connectivity index (χ1n) is 7.44. The summed E-state index contributed by atoms with van der Waals surface area (Å²) in [6.45, 7) is 1.70. The van der Waals surface area contributed by atoms with Crippen LogP contribution in [0.5, 0.6) is 0 Å². The first-order valence-corrected chi connectivity index (χ1v) is 9.76. The number of piperidine rings is 1. The molecule has 21 heavy (non-hydrogen) atoms. The quantitative estimate of drug-likeness (QED) is 0.864. The molecule has 1 N–H and O–H groups in total. The Bertz CT molecular complexity index is 581. The molecule has 1 saturated carbocycles. The van der Waals surface area contributed by atoms with Crippen LogP contribution in [0.25, 0.3) is 0 Å². The van der Waals surface area contributed by atoms with Crippen LogP contribution in [-0.2, 0) is 21.3 Å². The molecule has 1 aliphatic carbocycles. The summed E-state index contributed by atoms with van der Waals surface area (Å²) in [6.07, 6.45) is 4.21. The Morgan fingerprint density at radius 1 is 1.43 bits per heavy atom. The topological polar surface area (TPSA) is 58.6 Å². The number of sulfonamides is 1. The number of hydrogen-bond donors (Lipinski definition) is 1. The first-order chi connectivity index (χ1) is 10.1. The maximum absolute atomic E-state index is 12.8. The van der Waals surface area contributed by atoms with E-state index in [0.717, 1.165) is 17.7 Å². The van der Waals surface area contributed by atoms with Crippen LogP contribution in [0.3, 0.4) is 0 Å². The maximum Gasteiger partial charge on any atom is 0.244 e. The van der Waals surface area contributed by atoms with Crippen molar-refractivity contribution in [3.05, 3.63) is 16.3 Å². The SMILES string of the molecule is COC1CCCN(S(=O)(=O)c2ccsc2CNC2CC2)C1. The van der Waals surface area contributed by atoms with Gasteiger partial charge in [0.25, 0.3) is 0 Å². The van der Waals surface area contributed by atoms with Gasteiger partial charge in [-0.2, -0.15) is 4.31 Å². The second-order valence-corrected chi connectivity index (χ2v) is 8.63. The molecule has 2 heterocycles. The number of ether oxygens (including phenoxy) is 1. The molecule has 3 rings (SSSR count). The molecule has 1 aromatic heterocycles. The lowest BCUT2D eigenvalue weighted by atomic mass is 10.1. The van der Waals surface area contributed by atoms with Crippen LogP contribution in [0, 0.1) is 0 Å². The molecule has 1 unspecified atom stereocenters. The average molecular weight is 330 g/mol. The number of rotatable bonds is 6. The van der Waals surface area contributed by atoms with Crippen molar-refractivity contribution in [3.63, 3.8) is 0 Å². The Morgan fingerprint density at radius 2 is 2.24 bits per heavy atom. The van der Waals surface area contributed by atoms with Gasteiger partial charge in [0.05, 0.1) is 11.0 Å². The fraction of sp³-hybridized carbons (Fsp3) is 0.714. The van der Waals surface area contributed by atoms with Gasteiger partial charge in [-0.05, 0) is 37.1 Å². The number of methoxy groups -OCH3 is 1. The number of nitrogens with zero attached hydrogens (tertiary/aromatic N) is 1. The Balaban J connectivity index is 1.75. The number of thiophene rings is 1. The zero-order chi connectivity index (χ0) is 14.9. The zero-order valence-electron chi connectivity index (χ0n) is 12.2. The van der Waals surface area contributed by atoms with Gasteiger partial charge < -0.3 is 10.1 Å². The molecular weight excluding hydrogens is 308 g/mol. The minimum absolute atomic E-state index is 0.0141. The fourth-order valence-corrected chi connectivity index (χ4v) is 5.54. The highest BCUT2D eigenvalue weighted by Gasteiger charge is 2.32. The summed E-state index contributed by atoms with van der Waals surface area (Å²) in [5.41, 5.74) is 0. The van der Waals surface area contributed by atoms with Crippen LogP contribution >= 0.6 is 11.3 Å². The molecule has 0 aromatic carbocycles. The molecule has 0 spiro atoms. The molecule has 0 amide bonds. The molecule has 7 heteroatoms. The van der Waals surface area contributed by atoms with E-state index < -0.39 is 10.0 Å². The molecule has 118 valence electrons. The molecule has 0 radical (unpaired) electrons. The van der Waals surface area contributed by atoms with E-state index in [2.05, 4.69) is 5.32 Å². The molecular formula is C14H22N2O3S2. The van der Waals surface area contributed by atoms with Gasteiger partial charge in [0.2, 0.25) is 10.0 Å². The molecule has 2 aliphatic rings. The van der Waals surface area contributed by atoms with E-state index in [0.29, 0.717) is 30.6 Å². The van der Waals surface area contributed by atoms with E-state index >= 15 is 0 Å². The van der Waals surface area contributed by atoms with Crippen LogP contribution in [-0.4, -0.2) is 45.1 Å². The van der Waals surface area contributed by atoms with Gasteiger partial charge in [-0.1, -0.05) is 0 Å². The molecule has 1 atom stereocenters. The monoisotopic (exact) mass is 330 g/mol. The number of nitrogens with one attached hydrogen (secondary N) is 1.